The van der Waals surface area contributed by atoms with Crippen LogP contribution in [0.3, 0.4) is 0 Å². The molecule has 2 rings (SSSR count). The molecule has 0 saturated carbocycles. The van der Waals surface area contributed by atoms with Crippen molar-refractivity contribution in [2.75, 3.05) is 13.7 Å². The minimum Gasteiger partial charge on any atom is -0.408 e. The van der Waals surface area contributed by atoms with E-state index in [0.29, 0.717) is 13.0 Å². The van der Waals surface area contributed by atoms with Crippen LogP contribution in [0.15, 0.2) is 12.7 Å². The Balaban J connectivity index is 2.35. The standard InChI is InChI=1S/C23H42N2O6Si/c1-10-16-17(30-23(5,6)29-16)18(31-32(8,9)22(2,3)4)19(28-7)21(27)25-15-13-11-12-14-24-20(15)26/h10,15-19H,1,11-14H2,2-9H3,(H,24,26)(H,25,27)/t15-,16+,17-,18-,19-/m0/s1. The van der Waals surface area contributed by atoms with Crippen LogP contribution in [0.25, 0.3) is 0 Å². The summed E-state index contributed by atoms with van der Waals surface area (Å²) in [5, 5.41) is 5.63. The first kappa shape index (κ1) is 27.0. The largest absolute Gasteiger partial charge is 0.408 e. The van der Waals surface area contributed by atoms with Crippen molar-refractivity contribution in [3.05, 3.63) is 12.7 Å². The summed E-state index contributed by atoms with van der Waals surface area (Å²) in [7, 11) is -0.857. The maximum atomic E-state index is 13.4. The second-order valence-corrected chi connectivity index (χ2v) is 15.4. The van der Waals surface area contributed by atoms with Crippen LogP contribution in [0.1, 0.15) is 53.9 Å². The van der Waals surface area contributed by atoms with Crippen LogP contribution in [0.4, 0.5) is 0 Å². The zero-order valence-electron chi connectivity index (χ0n) is 20.9. The SMILES string of the molecule is C=C[C@H]1OC(C)(C)O[C@@H]1[C@H](O[Si](C)(C)C(C)(C)C)[C@H](OC)C(=O)N[C@H]1CCCCNC1=O. The van der Waals surface area contributed by atoms with E-state index in [1.807, 2.05) is 13.8 Å². The molecule has 8 nitrogen and oxygen atoms in total. The average molecular weight is 471 g/mol. The Morgan fingerprint density at radius 3 is 2.53 bits per heavy atom. The van der Waals surface area contributed by atoms with Gasteiger partial charge in [0.25, 0.3) is 5.91 Å². The van der Waals surface area contributed by atoms with Crippen molar-refractivity contribution in [1.29, 1.82) is 0 Å². The Morgan fingerprint density at radius 1 is 1.31 bits per heavy atom. The molecule has 0 radical (unpaired) electrons. The highest BCUT2D eigenvalue weighted by Gasteiger charge is 2.52. The fraction of sp³-hybridized carbons (Fsp3) is 0.826. The molecule has 0 aromatic carbocycles. The van der Waals surface area contributed by atoms with Gasteiger partial charge in [-0.15, -0.1) is 6.58 Å². The molecular formula is C23H42N2O6Si. The molecule has 32 heavy (non-hydrogen) atoms. The summed E-state index contributed by atoms with van der Waals surface area (Å²) in [6.07, 6.45) is 1.24. The van der Waals surface area contributed by atoms with E-state index in [2.05, 4.69) is 51.1 Å². The fourth-order valence-electron chi connectivity index (χ4n) is 3.79. The normalized spacial score (nSPS) is 28.4. The van der Waals surface area contributed by atoms with Gasteiger partial charge in [-0.05, 0) is 51.2 Å². The topological polar surface area (TPSA) is 95.1 Å². The lowest BCUT2D eigenvalue weighted by Gasteiger charge is -2.42. The molecule has 2 heterocycles. The molecule has 184 valence electrons. The lowest BCUT2D eigenvalue weighted by Crippen LogP contribution is -2.59. The van der Waals surface area contributed by atoms with Gasteiger partial charge in [0.1, 0.15) is 24.4 Å². The quantitative estimate of drug-likeness (QED) is 0.418. The van der Waals surface area contributed by atoms with Crippen molar-refractivity contribution in [1.82, 2.24) is 10.6 Å². The van der Waals surface area contributed by atoms with Gasteiger partial charge in [-0.1, -0.05) is 26.8 Å². The van der Waals surface area contributed by atoms with E-state index in [1.165, 1.54) is 7.11 Å². The van der Waals surface area contributed by atoms with Crippen molar-refractivity contribution in [3.8, 4) is 0 Å². The Bertz CT molecular complexity index is 690. The maximum absolute atomic E-state index is 13.4. The van der Waals surface area contributed by atoms with Crippen molar-refractivity contribution >= 4 is 20.1 Å². The van der Waals surface area contributed by atoms with E-state index in [-0.39, 0.29) is 10.9 Å². The first-order chi connectivity index (χ1) is 14.7. The third-order valence-electron chi connectivity index (χ3n) is 6.62. The number of methoxy groups -OCH3 is 1. The van der Waals surface area contributed by atoms with Crippen molar-refractivity contribution in [2.24, 2.45) is 0 Å². The third kappa shape index (κ3) is 6.41. The highest BCUT2D eigenvalue weighted by molar-refractivity contribution is 6.74. The Morgan fingerprint density at radius 2 is 1.97 bits per heavy atom. The molecule has 2 saturated heterocycles. The van der Waals surface area contributed by atoms with Gasteiger partial charge in [-0.3, -0.25) is 9.59 Å². The molecule has 2 aliphatic heterocycles. The zero-order chi connectivity index (χ0) is 24.3. The van der Waals surface area contributed by atoms with Crippen molar-refractivity contribution in [3.63, 3.8) is 0 Å². The number of rotatable bonds is 8. The van der Waals surface area contributed by atoms with Gasteiger partial charge in [0.05, 0.1) is 0 Å². The highest BCUT2D eigenvalue weighted by Crippen LogP contribution is 2.41. The summed E-state index contributed by atoms with van der Waals surface area (Å²) in [6.45, 7) is 18.8. The minimum atomic E-state index is -2.33. The van der Waals surface area contributed by atoms with Gasteiger partial charge in [-0.2, -0.15) is 0 Å². The van der Waals surface area contributed by atoms with Crippen LogP contribution in [0.2, 0.25) is 18.1 Å². The van der Waals surface area contributed by atoms with E-state index in [4.69, 9.17) is 18.6 Å². The lowest BCUT2D eigenvalue weighted by molar-refractivity contribution is -0.167. The van der Waals surface area contributed by atoms with E-state index >= 15 is 0 Å². The Labute approximate surface area is 193 Å². The number of nitrogens with one attached hydrogen (secondary N) is 2. The number of hydrogen-bond acceptors (Lipinski definition) is 6. The number of carbonyl (C=O) groups excluding carboxylic acids is 2. The van der Waals surface area contributed by atoms with Crippen LogP contribution >= 0.6 is 0 Å². The molecule has 2 amide bonds. The second kappa shape index (κ2) is 10.3. The molecule has 2 aliphatic rings. The van der Waals surface area contributed by atoms with Crippen LogP contribution in [0.5, 0.6) is 0 Å². The maximum Gasteiger partial charge on any atom is 0.252 e. The van der Waals surface area contributed by atoms with Gasteiger partial charge in [0, 0.05) is 13.7 Å². The Hall–Kier alpha value is -1.26. The summed E-state index contributed by atoms with van der Waals surface area (Å²) in [4.78, 5) is 25.8. The van der Waals surface area contributed by atoms with E-state index in [0.717, 1.165) is 12.8 Å². The molecule has 0 unspecified atom stereocenters. The number of ether oxygens (including phenoxy) is 3. The van der Waals surface area contributed by atoms with Gasteiger partial charge >= 0.3 is 0 Å². The van der Waals surface area contributed by atoms with Gasteiger partial charge < -0.3 is 29.3 Å². The lowest BCUT2D eigenvalue weighted by atomic mass is 10.0. The zero-order valence-corrected chi connectivity index (χ0v) is 21.9. The predicted octanol–water partition coefficient (Wildman–Crippen LogP) is 2.88. The molecule has 0 aromatic heterocycles. The monoisotopic (exact) mass is 470 g/mol. The molecule has 0 aliphatic carbocycles. The molecule has 0 aromatic rings. The van der Waals surface area contributed by atoms with E-state index in [9.17, 15) is 9.59 Å². The summed E-state index contributed by atoms with van der Waals surface area (Å²) in [5.74, 6) is -1.42. The van der Waals surface area contributed by atoms with Gasteiger partial charge in [-0.25, -0.2) is 0 Å². The first-order valence-corrected chi connectivity index (χ1v) is 14.4. The summed E-state index contributed by atoms with van der Waals surface area (Å²) < 4.78 is 24.6. The van der Waals surface area contributed by atoms with Gasteiger partial charge in [0.15, 0.2) is 20.2 Å². The summed E-state index contributed by atoms with van der Waals surface area (Å²) in [6, 6.07) is -0.594. The van der Waals surface area contributed by atoms with Crippen molar-refractivity contribution < 1.29 is 28.2 Å². The van der Waals surface area contributed by atoms with E-state index in [1.54, 1.807) is 6.08 Å². The molecule has 2 N–H and O–H groups in total. The second-order valence-electron chi connectivity index (χ2n) is 10.6. The highest BCUT2D eigenvalue weighted by atomic mass is 28.4. The predicted molar refractivity (Wildman–Crippen MR) is 126 cm³/mol. The molecule has 5 atom stereocenters. The van der Waals surface area contributed by atoms with Crippen LogP contribution in [0, 0.1) is 0 Å². The van der Waals surface area contributed by atoms with E-state index < -0.39 is 50.5 Å². The number of hydrogen-bond donors (Lipinski definition) is 2. The molecule has 0 spiro atoms. The molecule has 9 heteroatoms. The third-order valence-corrected chi connectivity index (χ3v) is 11.1. The number of amides is 2. The fourth-order valence-corrected chi connectivity index (χ4v) is 5.08. The molecule has 2 fully saturated rings. The summed E-state index contributed by atoms with van der Waals surface area (Å²) in [5.41, 5.74) is 0. The smallest absolute Gasteiger partial charge is 0.252 e. The van der Waals surface area contributed by atoms with Gasteiger partial charge in [0.2, 0.25) is 5.91 Å². The number of carbonyl (C=O) groups is 2. The van der Waals surface area contributed by atoms with Crippen LogP contribution in [-0.4, -0.2) is 70.0 Å². The van der Waals surface area contributed by atoms with Crippen molar-refractivity contribution in [2.45, 2.75) is 108 Å². The molecule has 0 bridgehead atoms. The Kier molecular flexibility index (Phi) is 8.72. The minimum absolute atomic E-state index is 0.0974. The van der Waals surface area contributed by atoms with Crippen LogP contribution < -0.4 is 10.6 Å². The average Bonchev–Trinajstić information content (AvgIpc) is 2.85. The summed E-state index contributed by atoms with van der Waals surface area (Å²) >= 11 is 0. The van der Waals surface area contributed by atoms with Crippen LogP contribution in [-0.2, 0) is 28.2 Å². The molecular weight excluding hydrogens is 428 g/mol. The first-order valence-electron chi connectivity index (χ1n) is 11.5.